The van der Waals surface area contributed by atoms with Crippen molar-refractivity contribution in [3.8, 4) is 0 Å². The fourth-order valence-electron chi connectivity index (χ4n) is 2.24. The molecule has 0 spiro atoms. The van der Waals surface area contributed by atoms with Crippen molar-refractivity contribution in [2.24, 2.45) is 5.92 Å². The zero-order valence-electron chi connectivity index (χ0n) is 11.8. The van der Waals surface area contributed by atoms with Crippen molar-refractivity contribution in [3.05, 3.63) is 58.9 Å². The predicted molar refractivity (Wildman–Crippen MR) is 81.9 cm³/mol. The molecular weight excluding hydrogens is 320 g/mol. The number of Topliss-reactive ketones (excluding diaryl/α,β-unsaturated/α-hetero) is 1. The second kappa shape index (κ2) is 6.18. The average Bonchev–Trinajstić information content (AvgIpc) is 2.53. The number of nitrogens with zero attached hydrogens (tertiary/aromatic N) is 1. The maximum absolute atomic E-state index is 12.4. The summed E-state index contributed by atoms with van der Waals surface area (Å²) in [4.78, 5) is 40.5. The van der Waals surface area contributed by atoms with E-state index in [0.29, 0.717) is 16.4 Å². The van der Waals surface area contributed by atoms with Crippen molar-refractivity contribution in [2.45, 2.75) is 6.61 Å². The van der Waals surface area contributed by atoms with Gasteiger partial charge in [-0.05, 0) is 30.3 Å². The van der Waals surface area contributed by atoms with E-state index in [0.717, 1.165) is 0 Å². The molecule has 0 radical (unpaired) electrons. The summed E-state index contributed by atoms with van der Waals surface area (Å²) in [6.07, 6.45) is 1.56. The van der Waals surface area contributed by atoms with Crippen molar-refractivity contribution in [3.63, 3.8) is 0 Å². The fourth-order valence-corrected chi connectivity index (χ4v) is 2.41. The Hall–Kier alpha value is -2.73. The lowest BCUT2D eigenvalue weighted by Crippen LogP contribution is -2.41. The van der Waals surface area contributed by atoms with E-state index in [2.05, 4.69) is 10.3 Å². The van der Waals surface area contributed by atoms with E-state index in [4.69, 9.17) is 16.3 Å². The minimum Gasteiger partial charge on any atom is -0.458 e. The summed E-state index contributed by atoms with van der Waals surface area (Å²) in [5.41, 5.74) is 1.05. The van der Waals surface area contributed by atoms with Gasteiger partial charge in [-0.25, -0.2) is 0 Å². The van der Waals surface area contributed by atoms with Crippen LogP contribution in [0.2, 0.25) is 5.02 Å². The number of fused-ring (bicyclic) bond motifs is 1. The largest absolute Gasteiger partial charge is 0.458 e. The Morgan fingerprint density at radius 1 is 1.26 bits per heavy atom. The zero-order valence-corrected chi connectivity index (χ0v) is 12.5. The Morgan fingerprint density at radius 2 is 2.09 bits per heavy atom. The topological polar surface area (TPSA) is 85.4 Å². The molecule has 1 unspecified atom stereocenters. The molecule has 2 heterocycles. The number of anilines is 1. The highest BCUT2D eigenvalue weighted by Gasteiger charge is 2.41. The van der Waals surface area contributed by atoms with E-state index < -0.39 is 23.6 Å². The first kappa shape index (κ1) is 15.2. The fraction of sp³-hybridized carbons (Fsp3) is 0.125. The van der Waals surface area contributed by atoms with Gasteiger partial charge in [0.1, 0.15) is 6.61 Å². The van der Waals surface area contributed by atoms with Gasteiger partial charge in [-0.2, -0.15) is 0 Å². The highest BCUT2D eigenvalue weighted by Crippen LogP contribution is 2.29. The first-order valence-corrected chi connectivity index (χ1v) is 7.15. The number of benzene rings is 1. The minimum atomic E-state index is -1.52. The summed E-state index contributed by atoms with van der Waals surface area (Å²) in [7, 11) is 0. The Balaban J connectivity index is 1.77. The van der Waals surface area contributed by atoms with Gasteiger partial charge in [0.25, 0.3) is 0 Å². The summed E-state index contributed by atoms with van der Waals surface area (Å²) in [6, 6.07) is 9.60. The first-order chi connectivity index (χ1) is 11.1. The van der Waals surface area contributed by atoms with E-state index in [9.17, 15) is 14.4 Å². The van der Waals surface area contributed by atoms with Crippen molar-refractivity contribution in [2.75, 3.05) is 5.32 Å². The van der Waals surface area contributed by atoms with Gasteiger partial charge in [-0.1, -0.05) is 17.7 Å². The number of aromatic nitrogens is 1. The summed E-state index contributed by atoms with van der Waals surface area (Å²) < 4.78 is 5.04. The third-order valence-electron chi connectivity index (χ3n) is 3.35. The number of halogens is 1. The van der Waals surface area contributed by atoms with E-state index >= 15 is 0 Å². The summed E-state index contributed by atoms with van der Waals surface area (Å²) in [6.45, 7) is -0.107. The Morgan fingerprint density at radius 3 is 2.83 bits per heavy atom. The maximum atomic E-state index is 12.4. The van der Waals surface area contributed by atoms with Crippen molar-refractivity contribution < 1.29 is 19.1 Å². The SMILES string of the molecule is O=C1Nc2cc(Cl)ccc2C(=O)C1C(=O)OCc1ccccn1. The summed E-state index contributed by atoms with van der Waals surface area (Å²) >= 11 is 5.83. The molecule has 7 heteroatoms. The molecule has 0 saturated heterocycles. The number of hydrogen-bond acceptors (Lipinski definition) is 5. The molecule has 0 aliphatic carbocycles. The highest BCUT2D eigenvalue weighted by molar-refractivity contribution is 6.33. The molecule has 1 aromatic heterocycles. The van der Waals surface area contributed by atoms with Gasteiger partial charge < -0.3 is 10.1 Å². The number of hydrogen-bond donors (Lipinski definition) is 1. The number of ether oxygens (including phenoxy) is 1. The molecule has 0 saturated carbocycles. The van der Waals surface area contributed by atoms with Gasteiger partial charge in [-0.15, -0.1) is 0 Å². The Kier molecular flexibility index (Phi) is 4.08. The van der Waals surface area contributed by atoms with Crippen LogP contribution in [0.25, 0.3) is 0 Å². The van der Waals surface area contributed by atoms with Crippen LogP contribution >= 0.6 is 11.6 Å². The van der Waals surface area contributed by atoms with Gasteiger partial charge >= 0.3 is 5.97 Å². The maximum Gasteiger partial charge on any atom is 0.326 e. The van der Waals surface area contributed by atoms with Gasteiger partial charge in [0, 0.05) is 16.8 Å². The third kappa shape index (κ3) is 3.07. The molecule has 1 N–H and O–H groups in total. The van der Waals surface area contributed by atoms with Crippen LogP contribution in [0.3, 0.4) is 0 Å². The molecule has 2 aromatic rings. The molecular formula is C16H11ClN2O4. The number of ketones is 1. The molecule has 1 atom stereocenters. The third-order valence-corrected chi connectivity index (χ3v) is 3.59. The molecule has 1 aliphatic rings. The molecule has 1 amide bonds. The van der Waals surface area contributed by atoms with E-state index in [-0.39, 0.29) is 12.2 Å². The molecule has 1 aliphatic heterocycles. The van der Waals surface area contributed by atoms with Crippen LogP contribution in [-0.2, 0) is 20.9 Å². The number of rotatable bonds is 3. The van der Waals surface area contributed by atoms with Gasteiger partial charge in [0.2, 0.25) is 5.91 Å². The standard InChI is InChI=1S/C16H11ClN2O4/c17-9-4-5-11-12(7-9)19-15(21)13(14(11)20)16(22)23-8-10-3-1-2-6-18-10/h1-7,13H,8H2,(H,19,21). The van der Waals surface area contributed by atoms with Crippen LogP contribution in [-0.4, -0.2) is 22.6 Å². The second-order valence-electron chi connectivity index (χ2n) is 4.91. The highest BCUT2D eigenvalue weighted by atomic mass is 35.5. The molecule has 0 fully saturated rings. The van der Waals surface area contributed by atoms with Crippen molar-refractivity contribution in [1.82, 2.24) is 4.98 Å². The van der Waals surface area contributed by atoms with Crippen LogP contribution < -0.4 is 5.32 Å². The van der Waals surface area contributed by atoms with Gasteiger partial charge in [0.05, 0.1) is 11.4 Å². The minimum absolute atomic E-state index is 0.107. The van der Waals surface area contributed by atoms with Gasteiger partial charge in [-0.3, -0.25) is 19.4 Å². The van der Waals surface area contributed by atoms with Crippen LogP contribution in [0, 0.1) is 5.92 Å². The van der Waals surface area contributed by atoms with E-state index in [1.165, 1.54) is 18.2 Å². The first-order valence-electron chi connectivity index (χ1n) is 6.77. The van der Waals surface area contributed by atoms with Crippen LogP contribution in [0.1, 0.15) is 16.1 Å². The molecule has 6 nitrogen and oxygen atoms in total. The monoisotopic (exact) mass is 330 g/mol. The van der Waals surface area contributed by atoms with Crippen LogP contribution in [0.15, 0.2) is 42.6 Å². The normalized spacial score (nSPS) is 16.5. The van der Waals surface area contributed by atoms with Crippen LogP contribution in [0.4, 0.5) is 5.69 Å². The second-order valence-corrected chi connectivity index (χ2v) is 5.34. The predicted octanol–water partition coefficient (Wildman–Crippen LogP) is 2.23. The average molecular weight is 331 g/mol. The lowest BCUT2D eigenvalue weighted by molar-refractivity contribution is -0.150. The van der Waals surface area contributed by atoms with E-state index in [1.807, 2.05) is 0 Å². The number of nitrogens with one attached hydrogen (secondary N) is 1. The molecule has 3 rings (SSSR count). The summed E-state index contributed by atoms with van der Waals surface area (Å²) in [5, 5.41) is 2.88. The number of carbonyl (C=O) groups excluding carboxylic acids is 3. The lowest BCUT2D eigenvalue weighted by atomic mass is 9.92. The lowest BCUT2D eigenvalue weighted by Gasteiger charge is -2.22. The van der Waals surface area contributed by atoms with Crippen molar-refractivity contribution in [1.29, 1.82) is 0 Å². The number of esters is 1. The Labute approximate surface area is 136 Å². The smallest absolute Gasteiger partial charge is 0.326 e. The number of carbonyl (C=O) groups is 3. The Bertz CT molecular complexity index is 792. The number of amides is 1. The molecule has 0 bridgehead atoms. The molecule has 116 valence electrons. The zero-order chi connectivity index (χ0) is 16.4. The quantitative estimate of drug-likeness (QED) is 0.689. The van der Waals surface area contributed by atoms with Gasteiger partial charge in [0.15, 0.2) is 11.7 Å². The van der Waals surface area contributed by atoms with E-state index in [1.54, 1.807) is 24.4 Å². The van der Waals surface area contributed by atoms with Crippen LogP contribution in [0.5, 0.6) is 0 Å². The summed E-state index contributed by atoms with van der Waals surface area (Å²) in [5.74, 6) is -3.76. The molecule has 23 heavy (non-hydrogen) atoms. The number of pyridine rings is 1. The molecule has 1 aromatic carbocycles. The van der Waals surface area contributed by atoms with Crippen molar-refractivity contribution >= 4 is 34.9 Å².